The lowest BCUT2D eigenvalue weighted by Crippen LogP contribution is -2.41. The van der Waals surface area contributed by atoms with Gasteiger partial charge < -0.3 is 25.6 Å². The molecule has 0 radical (unpaired) electrons. The van der Waals surface area contributed by atoms with Crippen molar-refractivity contribution in [2.45, 2.75) is 77.9 Å². The molecule has 0 unspecified atom stereocenters. The van der Waals surface area contributed by atoms with E-state index in [0.717, 1.165) is 67.7 Å². The lowest BCUT2D eigenvalue weighted by atomic mass is 10.1. The van der Waals surface area contributed by atoms with E-state index < -0.39 is 11.6 Å². The molecule has 0 spiro atoms. The average Bonchev–Trinajstić information content (AvgIpc) is 2.95. The molecule has 1 amide bonds. The number of hydrogen-bond donors (Lipinski definition) is 3. The number of carbonyl (C=O) groups excluding carboxylic acids is 2. The number of esters is 1. The van der Waals surface area contributed by atoms with Crippen LogP contribution in [-0.4, -0.2) is 76.1 Å². The van der Waals surface area contributed by atoms with Gasteiger partial charge in [-0.15, -0.1) is 0 Å². The fourth-order valence-corrected chi connectivity index (χ4v) is 5.01. The van der Waals surface area contributed by atoms with Gasteiger partial charge in [0.25, 0.3) is 0 Å². The largest absolute Gasteiger partial charge is 0.458 e. The molecule has 1 aliphatic heterocycles. The summed E-state index contributed by atoms with van der Waals surface area (Å²) in [4.78, 5) is 41.0. The number of nitrogens with one attached hydrogen (secondary N) is 3. The first-order valence-electron chi connectivity index (χ1n) is 15.1. The third kappa shape index (κ3) is 9.94. The zero-order valence-corrected chi connectivity index (χ0v) is 25.4. The second kappa shape index (κ2) is 14.9. The number of pyridine rings is 1. The first-order chi connectivity index (χ1) is 20.2. The Bertz CT molecular complexity index is 1340. The molecule has 3 N–H and O–H groups in total. The van der Waals surface area contributed by atoms with E-state index in [-0.39, 0.29) is 11.9 Å². The molecule has 4 rings (SSSR count). The van der Waals surface area contributed by atoms with Crippen molar-refractivity contribution >= 4 is 34.5 Å². The second-order valence-corrected chi connectivity index (χ2v) is 11.9. The summed E-state index contributed by atoms with van der Waals surface area (Å²) in [7, 11) is 0. The zero-order chi connectivity index (χ0) is 30.0. The molecule has 1 aromatic carbocycles. The molecule has 0 aliphatic carbocycles. The molecule has 0 bridgehead atoms. The number of hydrogen-bond acceptors (Lipinski definition) is 9. The summed E-state index contributed by atoms with van der Waals surface area (Å²) in [5.74, 6) is 1.19. The number of benzene rings is 1. The highest BCUT2D eigenvalue weighted by Gasteiger charge is 2.26. The van der Waals surface area contributed by atoms with Crippen molar-refractivity contribution in [1.82, 2.24) is 25.2 Å². The minimum Gasteiger partial charge on any atom is -0.458 e. The lowest BCUT2D eigenvalue weighted by Gasteiger charge is -2.28. The predicted molar refractivity (Wildman–Crippen MR) is 167 cm³/mol. The maximum atomic E-state index is 13.2. The topological polar surface area (TPSA) is 121 Å². The van der Waals surface area contributed by atoms with Crippen molar-refractivity contribution in [1.29, 1.82) is 0 Å². The molecular weight excluding hydrogens is 530 g/mol. The van der Waals surface area contributed by atoms with Gasteiger partial charge in [-0.2, -0.15) is 0 Å². The van der Waals surface area contributed by atoms with Gasteiger partial charge in [0.05, 0.1) is 17.2 Å². The number of ether oxygens (including phenoxy) is 1. The summed E-state index contributed by atoms with van der Waals surface area (Å²) in [5, 5.41) is 9.59. The molecule has 2 aromatic heterocycles. The highest BCUT2D eigenvalue weighted by Crippen LogP contribution is 2.21. The summed E-state index contributed by atoms with van der Waals surface area (Å²) < 4.78 is 5.75. The van der Waals surface area contributed by atoms with Crippen LogP contribution in [0.3, 0.4) is 0 Å². The van der Waals surface area contributed by atoms with E-state index in [9.17, 15) is 9.59 Å². The average molecular weight is 576 g/mol. The zero-order valence-electron chi connectivity index (χ0n) is 25.4. The fourth-order valence-electron chi connectivity index (χ4n) is 5.01. The van der Waals surface area contributed by atoms with Crippen molar-refractivity contribution < 1.29 is 14.3 Å². The molecule has 1 aliphatic rings. The summed E-state index contributed by atoms with van der Waals surface area (Å²) in [6.45, 7) is 10.8. The highest BCUT2D eigenvalue weighted by atomic mass is 16.6. The normalized spacial score (nSPS) is 13.7. The van der Waals surface area contributed by atoms with Gasteiger partial charge in [-0.3, -0.25) is 9.78 Å². The van der Waals surface area contributed by atoms with Crippen molar-refractivity contribution in [2.75, 3.05) is 43.4 Å². The van der Waals surface area contributed by atoms with E-state index in [2.05, 4.69) is 43.0 Å². The Hall–Kier alpha value is -3.79. The van der Waals surface area contributed by atoms with Gasteiger partial charge in [-0.05, 0) is 89.6 Å². The van der Waals surface area contributed by atoms with Crippen LogP contribution in [0, 0.1) is 0 Å². The fraction of sp³-hybridized carbons (Fsp3) is 0.531. The molecule has 226 valence electrons. The van der Waals surface area contributed by atoms with Gasteiger partial charge in [-0.25, -0.2) is 14.8 Å². The first-order valence-corrected chi connectivity index (χ1v) is 15.1. The summed E-state index contributed by atoms with van der Waals surface area (Å²) in [6, 6.07) is 11.4. The highest BCUT2D eigenvalue weighted by molar-refractivity contribution is 5.80. The Morgan fingerprint density at radius 3 is 2.64 bits per heavy atom. The molecule has 0 saturated carbocycles. The lowest BCUT2D eigenvalue weighted by molar-refractivity contribution is -0.156. The monoisotopic (exact) mass is 575 g/mol. The second-order valence-electron chi connectivity index (χ2n) is 11.9. The number of para-hydroxylation sites is 2. The van der Waals surface area contributed by atoms with E-state index >= 15 is 0 Å². The summed E-state index contributed by atoms with van der Waals surface area (Å²) >= 11 is 0. The van der Waals surface area contributed by atoms with Crippen LogP contribution >= 0.6 is 0 Å². The number of carbonyl (C=O) groups is 2. The Kier molecular flexibility index (Phi) is 11.1. The van der Waals surface area contributed by atoms with Crippen LogP contribution in [0.15, 0.2) is 42.6 Å². The van der Waals surface area contributed by atoms with Crippen molar-refractivity contribution in [3.8, 4) is 0 Å². The van der Waals surface area contributed by atoms with E-state index in [0.29, 0.717) is 31.9 Å². The number of unbranched alkanes of at least 4 members (excludes halogenated alkanes) is 1. The van der Waals surface area contributed by atoms with Crippen LogP contribution in [0.4, 0.5) is 11.6 Å². The first kappa shape index (κ1) is 31.2. The molecule has 10 nitrogen and oxygen atoms in total. The van der Waals surface area contributed by atoms with Crippen LogP contribution in [0.25, 0.3) is 11.0 Å². The number of aromatic nitrogens is 3. The summed E-state index contributed by atoms with van der Waals surface area (Å²) in [5.41, 5.74) is 3.35. The number of nitrogens with zero attached hydrogens (tertiary/aromatic N) is 4. The SMILES string of the molecule is CC(=O)NCCN(CCCCc1ccc2c(n1)NCCC2)CC[C@H](Nc1cnc2ccccc2n1)C(=O)OC(C)(C)C. The van der Waals surface area contributed by atoms with Gasteiger partial charge in [0.1, 0.15) is 23.3 Å². The van der Waals surface area contributed by atoms with Gasteiger partial charge in [0.2, 0.25) is 5.91 Å². The van der Waals surface area contributed by atoms with Crippen molar-refractivity contribution in [2.24, 2.45) is 0 Å². The minimum absolute atomic E-state index is 0.0507. The maximum absolute atomic E-state index is 13.2. The van der Waals surface area contributed by atoms with Crippen LogP contribution in [0.5, 0.6) is 0 Å². The number of fused-ring (bicyclic) bond motifs is 2. The Morgan fingerprint density at radius 2 is 1.86 bits per heavy atom. The van der Waals surface area contributed by atoms with Gasteiger partial charge in [0, 0.05) is 38.8 Å². The number of amides is 1. The minimum atomic E-state index is -0.614. The Balaban J connectivity index is 1.37. The molecule has 0 fully saturated rings. The van der Waals surface area contributed by atoms with E-state index in [1.807, 2.05) is 45.0 Å². The Morgan fingerprint density at radius 1 is 1.05 bits per heavy atom. The third-order valence-electron chi connectivity index (χ3n) is 7.11. The molecule has 42 heavy (non-hydrogen) atoms. The molecule has 3 heterocycles. The Labute approximate surface area is 249 Å². The predicted octanol–water partition coefficient (Wildman–Crippen LogP) is 4.36. The molecule has 10 heteroatoms. The molecule has 0 saturated heterocycles. The van der Waals surface area contributed by atoms with Gasteiger partial charge in [0.15, 0.2) is 0 Å². The number of anilines is 2. The van der Waals surface area contributed by atoms with Crippen LogP contribution in [-0.2, 0) is 27.2 Å². The smallest absolute Gasteiger partial charge is 0.329 e. The standard InChI is InChI=1S/C32H45N7O3/c1-23(40)33-18-21-39(19-8-7-11-25-15-14-24-10-9-17-34-30(24)36-25)20-16-28(31(41)42-32(2,3)4)38-29-22-35-26-12-5-6-13-27(26)37-29/h5-6,12-15,22,28H,7-11,16-21H2,1-4H3,(H,33,40)(H,34,36)(H,37,38)/t28-/m0/s1. The van der Waals surface area contributed by atoms with E-state index in [4.69, 9.17) is 9.72 Å². The molecular formula is C32H45N7O3. The maximum Gasteiger partial charge on any atom is 0.329 e. The molecule has 3 aromatic rings. The molecule has 1 atom stereocenters. The van der Waals surface area contributed by atoms with Crippen molar-refractivity contribution in [3.63, 3.8) is 0 Å². The van der Waals surface area contributed by atoms with E-state index in [1.54, 1.807) is 6.20 Å². The summed E-state index contributed by atoms with van der Waals surface area (Å²) in [6.07, 6.45) is 7.31. The number of aryl methyl sites for hydroxylation is 2. The van der Waals surface area contributed by atoms with Crippen molar-refractivity contribution in [3.05, 3.63) is 53.9 Å². The van der Waals surface area contributed by atoms with Gasteiger partial charge >= 0.3 is 5.97 Å². The van der Waals surface area contributed by atoms with E-state index in [1.165, 1.54) is 12.5 Å². The van der Waals surface area contributed by atoms with Crippen LogP contribution in [0.2, 0.25) is 0 Å². The van der Waals surface area contributed by atoms with Gasteiger partial charge in [-0.1, -0.05) is 18.2 Å². The van der Waals surface area contributed by atoms with Crippen LogP contribution in [0.1, 0.15) is 64.6 Å². The number of rotatable bonds is 14. The third-order valence-corrected chi connectivity index (χ3v) is 7.11. The quantitative estimate of drug-likeness (QED) is 0.190. The van der Waals surface area contributed by atoms with Crippen LogP contribution < -0.4 is 16.0 Å².